The summed E-state index contributed by atoms with van der Waals surface area (Å²) in [5.74, 6) is -0.324. The molecule has 78 valence electrons. The van der Waals surface area contributed by atoms with E-state index in [1.807, 2.05) is 0 Å². The van der Waals surface area contributed by atoms with Crippen molar-refractivity contribution in [3.63, 3.8) is 0 Å². The molecule has 0 aromatic carbocycles. The number of nitrogens with zero attached hydrogens (tertiary/aromatic N) is 2. The van der Waals surface area contributed by atoms with Gasteiger partial charge < -0.3 is 19.3 Å². The van der Waals surface area contributed by atoms with Gasteiger partial charge in [-0.15, -0.1) is 0 Å². The zero-order valence-electron chi connectivity index (χ0n) is 7.56. The second-order valence-corrected chi connectivity index (χ2v) is 3.55. The lowest BCUT2D eigenvalue weighted by Crippen LogP contribution is -1.96. The molecule has 2 aromatic heterocycles. The van der Waals surface area contributed by atoms with Crippen LogP contribution >= 0.6 is 15.9 Å². The fraction of sp³-hybridized carbons (Fsp3) is 0.125. The molecule has 0 saturated carbocycles. The molecular weight excluding hydrogens is 268 g/mol. The maximum Gasteiger partial charge on any atom is 0.410 e. The number of furan rings is 1. The second-order valence-electron chi connectivity index (χ2n) is 2.70. The molecule has 0 radical (unpaired) electrons. The van der Waals surface area contributed by atoms with Crippen LogP contribution < -0.4 is 4.74 Å². The maximum atomic E-state index is 10.6. The van der Waals surface area contributed by atoms with Crippen molar-refractivity contribution in [2.45, 2.75) is 0 Å². The number of hydrogen-bond acceptors (Lipinski definition) is 5. The highest BCUT2D eigenvalue weighted by molar-refractivity contribution is 9.10. The first-order valence-electron chi connectivity index (χ1n) is 3.89. The van der Waals surface area contributed by atoms with Gasteiger partial charge in [-0.25, -0.2) is 0 Å². The molecule has 0 aliphatic rings. The predicted molar refractivity (Wildman–Crippen MR) is 54.9 cm³/mol. The lowest BCUT2D eigenvalue weighted by Gasteiger charge is -2.00. The first-order valence-corrected chi connectivity index (χ1v) is 4.68. The molecule has 0 saturated heterocycles. The van der Waals surface area contributed by atoms with E-state index < -0.39 is 4.92 Å². The van der Waals surface area contributed by atoms with Gasteiger partial charge in [0.2, 0.25) is 0 Å². The van der Waals surface area contributed by atoms with Crippen molar-refractivity contribution in [3.8, 4) is 5.75 Å². The van der Waals surface area contributed by atoms with Gasteiger partial charge in [0.25, 0.3) is 5.75 Å². The molecule has 0 atom stereocenters. The van der Waals surface area contributed by atoms with E-state index in [-0.39, 0.29) is 11.6 Å². The van der Waals surface area contributed by atoms with Crippen molar-refractivity contribution in [2.24, 2.45) is 0 Å². The van der Waals surface area contributed by atoms with Gasteiger partial charge in [-0.2, -0.15) is 0 Å². The van der Waals surface area contributed by atoms with Gasteiger partial charge in [0.05, 0.1) is 17.0 Å². The summed E-state index contributed by atoms with van der Waals surface area (Å²) in [6, 6.07) is 0. The first kappa shape index (κ1) is 9.91. The Bertz CT molecular complexity index is 537. The number of ether oxygens (including phenoxy) is 1. The number of rotatable bonds is 2. The summed E-state index contributed by atoms with van der Waals surface area (Å²) in [4.78, 5) is 13.7. The molecule has 2 rings (SSSR count). The third kappa shape index (κ3) is 1.44. The molecule has 0 bridgehead atoms. The van der Waals surface area contributed by atoms with Gasteiger partial charge >= 0.3 is 5.82 Å². The number of aromatic nitrogens is 1. The van der Waals surface area contributed by atoms with E-state index >= 15 is 0 Å². The van der Waals surface area contributed by atoms with Crippen molar-refractivity contribution >= 4 is 32.7 Å². The quantitative estimate of drug-likeness (QED) is 0.620. The Hall–Kier alpha value is -1.63. The Kier molecular flexibility index (Phi) is 2.31. The first-order chi connectivity index (χ1) is 7.15. The number of methoxy groups -OCH3 is 1. The van der Waals surface area contributed by atoms with Crippen LogP contribution in [-0.2, 0) is 0 Å². The van der Waals surface area contributed by atoms with Gasteiger partial charge in [-0.1, -0.05) is 0 Å². The zero-order valence-corrected chi connectivity index (χ0v) is 9.15. The van der Waals surface area contributed by atoms with Crippen LogP contribution in [-0.4, -0.2) is 17.0 Å². The van der Waals surface area contributed by atoms with Crippen molar-refractivity contribution in [1.29, 1.82) is 0 Å². The molecule has 2 aromatic rings. The molecule has 0 aliphatic carbocycles. The van der Waals surface area contributed by atoms with Crippen LogP contribution in [0.3, 0.4) is 0 Å². The van der Waals surface area contributed by atoms with Gasteiger partial charge in [-0.05, 0) is 25.8 Å². The van der Waals surface area contributed by atoms with Gasteiger partial charge in [0.15, 0.2) is 11.8 Å². The molecule has 2 heterocycles. The van der Waals surface area contributed by atoms with Gasteiger partial charge in [0.1, 0.15) is 6.26 Å². The summed E-state index contributed by atoms with van der Waals surface area (Å²) in [6.45, 7) is 0. The lowest BCUT2D eigenvalue weighted by atomic mass is 10.3. The van der Waals surface area contributed by atoms with Crippen molar-refractivity contribution in [1.82, 2.24) is 4.98 Å². The average molecular weight is 273 g/mol. The van der Waals surface area contributed by atoms with Crippen LogP contribution in [0.1, 0.15) is 0 Å². The van der Waals surface area contributed by atoms with E-state index in [2.05, 4.69) is 20.9 Å². The normalized spacial score (nSPS) is 10.5. The zero-order chi connectivity index (χ0) is 11.0. The van der Waals surface area contributed by atoms with Crippen LogP contribution in [0, 0.1) is 10.1 Å². The predicted octanol–water partition coefficient (Wildman–Crippen LogP) is 2.51. The van der Waals surface area contributed by atoms with Crippen LogP contribution in [0.5, 0.6) is 5.75 Å². The van der Waals surface area contributed by atoms with Crippen LogP contribution in [0.4, 0.5) is 5.82 Å². The van der Waals surface area contributed by atoms with Crippen LogP contribution in [0.15, 0.2) is 21.3 Å². The minimum Gasteiger partial charge on any atom is -0.486 e. The molecule has 0 unspecified atom stereocenters. The topological polar surface area (TPSA) is 78.4 Å². The Labute approximate surface area is 92.1 Å². The molecule has 7 heteroatoms. The molecule has 0 amide bonds. The largest absolute Gasteiger partial charge is 0.486 e. The molecular formula is C8H5BrN2O4. The summed E-state index contributed by atoms with van der Waals surface area (Å²) in [5, 5.41) is 11.3. The van der Waals surface area contributed by atoms with E-state index in [1.165, 1.54) is 19.6 Å². The number of nitro groups is 1. The molecule has 0 spiro atoms. The summed E-state index contributed by atoms with van der Waals surface area (Å²) in [7, 11) is 1.33. The third-order valence-electron chi connectivity index (χ3n) is 1.88. The molecule has 0 fully saturated rings. The monoisotopic (exact) mass is 272 g/mol. The fourth-order valence-electron chi connectivity index (χ4n) is 1.24. The van der Waals surface area contributed by atoms with E-state index in [0.717, 1.165) is 0 Å². The van der Waals surface area contributed by atoms with E-state index in [1.54, 1.807) is 0 Å². The average Bonchev–Trinajstić information content (AvgIpc) is 2.59. The van der Waals surface area contributed by atoms with Crippen molar-refractivity contribution in [3.05, 3.63) is 27.0 Å². The molecule has 15 heavy (non-hydrogen) atoms. The second kappa shape index (κ2) is 3.50. The van der Waals surface area contributed by atoms with E-state index in [0.29, 0.717) is 15.4 Å². The standard InChI is InChI=1S/C8H5BrN2O4/c1-14-7-6-4(5(9)3-15-6)2-10-8(7)11(12)13/h2-3H,1H3. The number of pyridine rings is 1. The summed E-state index contributed by atoms with van der Waals surface area (Å²) < 4.78 is 10.7. The number of hydrogen-bond donors (Lipinski definition) is 0. The Morgan fingerprint density at radius 2 is 2.40 bits per heavy atom. The SMILES string of the molecule is COc1c([N+](=O)[O-])ncc2c(Br)coc12. The lowest BCUT2D eigenvalue weighted by molar-refractivity contribution is -0.390. The summed E-state index contributed by atoms with van der Waals surface area (Å²) in [5.41, 5.74) is 0.311. The van der Waals surface area contributed by atoms with Crippen LogP contribution in [0.25, 0.3) is 11.0 Å². The minimum atomic E-state index is -0.616. The Balaban J connectivity index is 2.82. The molecule has 0 aliphatic heterocycles. The van der Waals surface area contributed by atoms with E-state index in [9.17, 15) is 10.1 Å². The third-order valence-corrected chi connectivity index (χ3v) is 2.50. The highest BCUT2D eigenvalue weighted by Crippen LogP contribution is 2.37. The molecule has 0 N–H and O–H groups in total. The molecule has 6 nitrogen and oxygen atoms in total. The summed E-state index contributed by atoms with van der Waals surface area (Å²) in [6.07, 6.45) is 2.79. The summed E-state index contributed by atoms with van der Waals surface area (Å²) >= 11 is 3.23. The van der Waals surface area contributed by atoms with Crippen LogP contribution in [0.2, 0.25) is 0 Å². The Morgan fingerprint density at radius 1 is 1.67 bits per heavy atom. The highest BCUT2D eigenvalue weighted by Gasteiger charge is 2.23. The number of halogens is 1. The van der Waals surface area contributed by atoms with Crippen molar-refractivity contribution in [2.75, 3.05) is 7.11 Å². The van der Waals surface area contributed by atoms with E-state index in [4.69, 9.17) is 9.15 Å². The van der Waals surface area contributed by atoms with Crippen molar-refractivity contribution < 1.29 is 14.1 Å². The number of fused-ring (bicyclic) bond motifs is 1. The fourth-order valence-corrected chi connectivity index (χ4v) is 1.62. The van der Waals surface area contributed by atoms with Gasteiger partial charge in [0, 0.05) is 0 Å². The highest BCUT2D eigenvalue weighted by atomic mass is 79.9. The minimum absolute atomic E-state index is 0.0307. The smallest absolute Gasteiger partial charge is 0.410 e. The van der Waals surface area contributed by atoms with Gasteiger partial charge in [-0.3, -0.25) is 0 Å². The Morgan fingerprint density at radius 3 is 3.00 bits per heavy atom. The maximum absolute atomic E-state index is 10.6.